The number of nitrogens with zero attached hydrogens (tertiary/aromatic N) is 1. The lowest BCUT2D eigenvalue weighted by Crippen LogP contribution is -2.24. The molecule has 30 heavy (non-hydrogen) atoms. The fourth-order valence-corrected chi connectivity index (χ4v) is 3.96. The zero-order chi connectivity index (χ0) is 22.2. The Labute approximate surface area is 188 Å². The third-order valence-corrected chi connectivity index (χ3v) is 5.71. The summed E-state index contributed by atoms with van der Waals surface area (Å²) in [6.07, 6.45) is 2.08. The lowest BCUT2D eigenvalue weighted by atomic mass is 10.1. The van der Waals surface area contributed by atoms with Crippen molar-refractivity contribution < 1.29 is 14.3 Å². The van der Waals surface area contributed by atoms with Gasteiger partial charge in [-0.25, -0.2) is 0 Å². The Morgan fingerprint density at radius 3 is 2.47 bits per heavy atom. The maximum Gasteiger partial charge on any atom is 0.160 e. The first kappa shape index (κ1) is 26.3. The van der Waals surface area contributed by atoms with Gasteiger partial charge in [0.15, 0.2) is 6.29 Å². The van der Waals surface area contributed by atoms with E-state index in [0.29, 0.717) is 15.8 Å². The Hall–Kier alpha value is -1.77. The molecule has 2 aromatic rings. The second-order valence-corrected chi connectivity index (χ2v) is 8.49. The highest BCUT2D eigenvalue weighted by Gasteiger charge is 2.21. The molecule has 0 spiro atoms. The van der Waals surface area contributed by atoms with Crippen molar-refractivity contribution in [2.24, 2.45) is 5.92 Å². The molecule has 1 unspecified atom stereocenters. The van der Waals surface area contributed by atoms with Crippen molar-refractivity contribution in [2.45, 2.75) is 13.0 Å². The zero-order valence-electron chi connectivity index (χ0n) is 17.7. The Bertz CT molecular complexity index is 712. The van der Waals surface area contributed by atoms with Crippen molar-refractivity contribution in [3.05, 3.63) is 51.2 Å². The molecule has 1 aliphatic rings. The summed E-state index contributed by atoms with van der Waals surface area (Å²) in [6, 6.07) is 12.2. The number of ether oxygens (including phenoxy) is 1. The molecular formula is C22H32ClN3O3S. The maximum absolute atomic E-state index is 9.97. The highest BCUT2D eigenvalue weighted by atomic mass is 35.5. The van der Waals surface area contributed by atoms with E-state index in [1.807, 2.05) is 20.9 Å². The van der Waals surface area contributed by atoms with Crippen LogP contribution in [0.2, 0.25) is 4.34 Å². The monoisotopic (exact) mass is 453 g/mol. The largest absolute Gasteiger partial charge is 0.375 e. The van der Waals surface area contributed by atoms with E-state index in [-0.39, 0.29) is 0 Å². The third kappa shape index (κ3) is 9.82. The quantitative estimate of drug-likeness (QED) is 0.447. The van der Waals surface area contributed by atoms with Crippen molar-refractivity contribution >= 4 is 41.7 Å². The van der Waals surface area contributed by atoms with Gasteiger partial charge in [-0.05, 0) is 62.8 Å². The van der Waals surface area contributed by atoms with Gasteiger partial charge in [-0.1, -0.05) is 23.7 Å². The molecule has 1 aromatic carbocycles. The van der Waals surface area contributed by atoms with Gasteiger partial charge in [0.2, 0.25) is 0 Å². The number of likely N-dealkylation sites (N-methyl/N-ethyl adjacent to an activating group) is 1. The number of benzene rings is 1. The number of hydrogen-bond acceptors (Lipinski definition) is 7. The van der Waals surface area contributed by atoms with E-state index in [9.17, 15) is 4.79 Å². The Kier molecular flexibility index (Phi) is 14.0. The van der Waals surface area contributed by atoms with Crippen LogP contribution >= 0.6 is 22.9 Å². The van der Waals surface area contributed by atoms with Crippen LogP contribution in [0, 0.1) is 5.92 Å². The number of aldehydes is 1. The van der Waals surface area contributed by atoms with Crippen LogP contribution in [0.4, 0.5) is 5.69 Å². The smallest absolute Gasteiger partial charge is 0.160 e. The van der Waals surface area contributed by atoms with Crippen molar-refractivity contribution in [2.75, 3.05) is 51.8 Å². The predicted octanol–water partition coefficient (Wildman–Crippen LogP) is 3.50. The SMILES string of the molecule is C=O.CNCCOCc1ccc(N2CCC(CNC)C2)cc1.O=Cc1ccc(Cl)s1. The highest BCUT2D eigenvalue weighted by Crippen LogP contribution is 2.24. The van der Waals surface area contributed by atoms with Crippen molar-refractivity contribution in [3.63, 3.8) is 0 Å². The first-order valence-electron chi connectivity index (χ1n) is 9.86. The standard InChI is InChI=1S/C16H27N3O.C5H3ClOS.CH2O/c1-17-8-10-20-13-14-3-5-16(6-4-14)19-9-7-15(12-19)11-18-2;6-5-2-1-4(3-7)8-5;1-2/h3-6,15,17-18H,7-13H2,1-2H3;1-3H;1H2. The number of rotatable bonds is 9. The summed E-state index contributed by atoms with van der Waals surface area (Å²) in [5, 5.41) is 6.35. The average Bonchev–Trinajstić information content (AvgIpc) is 3.43. The number of nitrogens with one attached hydrogen (secondary N) is 2. The minimum atomic E-state index is 0.659. The highest BCUT2D eigenvalue weighted by molar-refractivity contribution is 7.17. The summed E-state index contributed by atoms with van der Waals surface area (Å²) >= 11 is 6.78. The second-order valence-electron chi connectivity index (χ2n) is 6.74. The zero-order valence-corrected chi connectivity index (χ0v) is 19.3. The molecule has 1 saturated heterocycles. The molecule has 0 saturated carbocycles. The molecule has 0 aliphatic carbocycles. The van der Waals surface area contributed by atoms with Gasteiger partial charge in [0.1, 0.15) is 6.79 Å². The molecule has 1 atom stereocenters. The van der Waals surface area contributed by atoms with Crippen molar-refractivity contribution in [1.29, 1.82) is 0 Å². The molecule has 1 aliphatic heterocycles. The van der Waals surface area contributed by atoms with Gasteiger partial charge >= 0.3 is 0 Å². The first-order chi connectivity index (χ1) is 14.7. The number of carbonyl (C=O) groups is 2. The Balaban J connectivity index is 0.000000375. The summed E-state index contributed by atoms with van der Waals surface area (Å²) in [7, 11) is 3.97. The van der Waals surface area contributed by atoms with E-state index in [0.717, 1.165) is 31.9 Å². The van der Waals surface area contributed by atoms with Crippen LogP contribution in [0.1, 0.15) is 21.7 Å². The fraction of sp³-hybridized carbons (Fsp3) is 0.455. The molecular weight excluding hydrogens is 422 g/mol. The van der Waals surface area contributed by atoms with Gasteiger partial charge < -0.3 is 25.1 Å². The Morgan fingerprint density at radius 1 is 1.20 bits per heavy atom. The van der Waals surface area contributed by atoms with Crippen LogP contribution in [0.25, 0.3) is 0 Å². The summed E-state index contributed by atoms with van der Waals surface area (Å²) in [5.74, 6) is 0.782. The van der Waals surface area contributed by atoms with Crippen LogP contribution < -0.4 is 15.5 Å². The van der Waals surface area contributed by atoms with Gasteiger partial charge in [0.05, 0.1) is 22.4 Å². The van der Waals surface area contributed by atoms with Gasteiger partial charge in [0, 0.05) is 25.3 Å². The van der Waals surface area contributed by atoms with Crippen LogP contribution in [-0.2, 0) is 16.1 Å². The van der Waals surface area contributed by atoms with Crippen LogP contribution in [-0.4, -0.2) is 60.0 Å². The minimum absolute atomic E-state index is 0.659. The lowest BCUT2D eigenvalue weighted by molar-refractivity contribution is -0.0980. The molecule has 2 heterocycles. The van der Waals surface area contributed by atoms with Crippen LogP contribution in [0.15, 0.2) is 36.4 Å². The maximum atomic E-state index is 9.97. The average molecular weight is 454 g/mol. The molecule has 3 rings (SSSR count). The third-order valence-electron chi connectivity index (χ3n) is 4.56. The molecule has 1 fully saturated rings. The fourth-order valence-electron chi connectivity index (χ4n) is 3.08. The normalized spacial score (nSPS) is 15.0. The number of hydrogen-bond donors (Lipinski definition) is 2. The molecule has 0 radical (unpaired) electrons. The molecule has 0 bridgehead atoms. The van der Waals surface area contributed by atoms with Crippen molar-refractivity contribution in [1.82, 2.24) is 10.6 Å². The summed E-state index contributed by atoms with van der Waals surface area (Å²) in [5.41, 5.74) is 2.58. The van der Waals surface area contributed by atoms with Gasteiger partial charge in [-0.3, -0.25) is 4.79 Å². The van der Waals surface area contributed by atoms with Gasteiger partial charge in [-0.15, -0.1) is 11.3 Å². The molecule has 1 aromatic heterocycles. The minimum Gasteiger partial charge on any atom is -0.375 e. The first-order valence-corrected chi connectivity index (χ1v) is 11.1. The van der Waals surface area contributed by atoms with E-state index < -0.39 is 0 Å². The van der Waals surface area contributed by atoms with Crippen LogP contribution in [0.3, 0.4) is 0 Å². The van der Waals surface area contributed by atoms with Crippen LogP contribution in [0.5, 0.6) is 0 Å². The molecule has 0 amide bonds. The summed E-state index contributed by atoms with van der Waals surface area (Å²) in [6.45, 7) is 7.82. The predicted molar refractivity (Wildman–Crippen MR) is 126 cm³/mol. The van der Waals surface area contributed by atoms with E-state index >= 15 is 0 Å². The lowest BCUT2D eigenvalue weighted by Gasteiger charge is -2.19. The molecule has 8 heteroatoms. The van der Waals surface area contributed by atoms with E-state index in [1.165, 1.54) is 42.1 Å². The second kappa shape index (κ2) is 16.0. The van der Waals surface area contributed by atoms with E-state index in [2.05, 4.69) is 39.8 Å². The van der Waals surface area contributed by atoms with E-state index in [1.54, 1.807) is 12.1 Å². The Morgan fingerprint density at radius 2 is 1.93 bits per heavy atom. The molecule has 2 N–H and O–H groups in total. The van der Waals surface area contributed by atoms with E-state index in [4.69, 9.17) is 21.1 Å². The summed E-state index contributed by atoms with van der Waals surface area (Å²) < 4.78 is 6.25. The van der Waals surface area contributed by atoms with Crippen molar-refractivity contribution in [3.8, 4) is 0 Å². The van der Waals surface area contributed by atoms with Gasteiger partial charge in [0.25, 0.3) is 0 Å². The molecule has 166 valence electrons. The summed E-state index contributed by atoms with van der Waals surface area (Å²) in [4.78, 5) is 21.1. The number of thiophene rings is 1. The topological polar surface area (TPSA) is 70.7 Å². The molecule has 6 nitrogen and oxygen atoms in total. The van der Waals surface area contributed by atoms with Gasteiger partial charge in [-0.2, -0.15) is 0 Å². The number of carbonyl (C=O) groups excluding carboxylic acids is 2. The number of anilines is 1. The number of halogens is 1.